The first kappa shape index (κ1) is 13.6. The van der Waals surface area contributed by atoms with Crippen molar-refractivity contribution >= 4 is 11.0 Å². The maximum atomic E-state index is 6.50. The highest BCUT2D eigenvalue weighted by Crippen LogP contribution is 2.32. The van der Waals surface area contributed by atoms with Crippen LogP contribution in [0.5, 0.6) is 0 Å². The van der Waals surface area contributed by atoms with Gasteiger partial charge in [-0.05, 0) is 36.8 Å². The van der Waals surface area contributed by atoms with Crippen molar-refractivity contribution in [3.05, 3.63) is 30.6 Å². The molecule has 3 rings (SSSR count). The van der Waals surface area contributed by atoms with E-state index >= 15 is 0 Å². The third-order valence-corrected chi connectivity index (χ3v) is 4.94. The number of aromatic nitrogens is 2. The van der Waals surface area contributed by atoms with Crippen LogP contribution in [-0.2, 0) is 6.54 Å². The Labute approximate surface area is 121 Å². The summed E-state index contributed by atoms with van der Waals surface area (Å²) < 4.78 is 2.22. The number of nitrogens with two attached hydrogens (primary N) is 1. The van der Waals surface area contributed by atoms with Gasteiger partial charge in [-0.2, -0.15) is 0 Å². The number of hydrogen-bond donors (Lipinski definition) is 1. The summed E-state index contributed by atoms with van der Waals surface area (Å²) in [5.74, 6) is 1.56. The molecule has 1 heterocycles. The van der Waals surface area contributed by atoms with Crippen molar-refractivity contribution in [1.82, 2.24) is 9.55 Å². The van der Waals surface area contributed by atoms with Gasteiger partial charge in [0.1, 0.15) is 0 Å². The number of imidazole rings is 1. The lowest BCUT2D eigenvalue weighted by atomic mass is 9.77. The van der Waals surface area contributed by atoms with Gasteiger partial charge in [0.15, 0.2) is 0 Å². The summed E-state index contributed by atoms with van der Waals surface area (Å²) in [6.07, 6.45) is 8.59. The maximum absolute atomic E-state index is 6.50. The monoisotopic (exact) mass is 271 g/mol. The van der Waals surface area contributed by atoms with Crippen LogP contribution >= 0.6 is 0 Å². The highest BCUT2D eigenvalue weighted by molar-refractivity contribution is 5.74. The molecule has 0 aliphatic heterocycles. The lowest BCUT2D eigenvalue weighted by Gasteiger charge is -2.32. The van der Waals surface area contributed by atoms with Crippen molar-refractivity contribution in [3.63, 3.8) is 0 Å². The Morgan fingerprint density at radius 3 is 3.05 bits per heavy atom. The summed E-state index contributed by atoms with van der Waals surface area (Å²) in [7, 11) is 0. The third kappa shape index (κ3) is 2.73. The van der Waals surface area contributed by atoms with Gasteiger partial charge in [0, 0.05) is 12.6 Å². The van der Waals surface area contributed by atoms with Crippen LogP contribution in [0.15, 0.2) is 30.6 Å². The van der Waals surface area contributed by atoms with Crippen molar-refractivity contribution in [2.45, 2.75) is 51.6 Å². The van der Waals surface area contributed by atoms with Crippen LogP contribution in [0.3, 0.4) is 0 Å². The van der Waals surface area contributed by atoms with E-state index in [1.165, 1.54) is 37.6 Å². The van der Waals surface area contributed by atoms with Gasteiger partial charge in [-0.15, -0.1) is 0 Å². The van der Waals surface area contributed by atoms with Crippen molar-refractivity contribution in [2.75, 3.05) is 0 Å². The molecule has 1 aliphatic rings. The SMILES string of the molecule is CCC1CCCC(C(N)Cn2cnc3ccccc32)C1. The van der Waals surface area contributed by atoms with Gasteiger partial charge in [-0.1, -0.05) is 38.3 Å². The van der Waals surface area contributed by atoms with E-state index in [1.807, 2.05) is 12.4 Å². The average molecular weight is 271 g/mol. The van der Waals surface area contributed by atoms with E-state index in [0.717, 1.165) is 18.0 Å². The van der Waals surface area contributed by atoms with E-state index in [-0.39, 0.29) is 6.04 Å². The minimum Gasteiger partial charge on any atom is -0.329 e. The fourth-order valence-electron chi connectivity index (χ4n) is 3.62. The van der Waals surface area contributed by atoms with Crippen LogP contribution in [0.4, 0.5) is 0 Å². The average Bonchev–Trinajstić information content (AvgIpc) is 2.90. The molecule has 2 N–H and O–H groups in total. The molecular formula is C17H25N3. The molecule has 1 aliphatic carbocycles. The van der Waals surface area contributed by atoms with Gasteiger partial charge in [0.2, 0.25) is 0 Å². The van der Waals surface area contributed by atoms with Crippen LogP contribution in [0.25, 0.3) is 11.0 Å². The predicted octanol–water partition coefficient (Wildman–Crippen LogP) is 3.58. The molecular weight excluding hydrogens is 246 g/mol. The number of benzene rings is 1. The fourth-order valence-corrected chi connectivity index (χ4v) is 3.62. The van der Waals surface area contributed by atoms with Crippen LogP contribution in [0, 0.1) is 11.8 Å². The summed E-state index contributed by atoms with van der Waals surface area (Å²) >= 11 is 0. The molecule has 0 spiro atoms. The van der Waals surface area contributed by atoms with E-state index in [2.05, 4.69) is 34.7 Å². The van der Waals surface area contributed by atoms with E-state index in [4.69, 9.17) is 5.73 Å². The normalized spacial score (nSPS) is 24.9. The van der Waals surface area contributed by atoms with Gasteiger partial charge >= 0.3 is 0 Å². The largest absolute Gasteiger partial charge is 0.329 e. The van der Waals surface area contributed by atoms with E-state index in [1.54, 1.807) is 0 Å². The lowest BCUT2D eigenvalue weighted by molar-refractivity contribution is 0.219. The second-order valence-electron chi connectivity index (χ2n) is 6.25. The summed E-state index contributed by atoms with van der Waals surface area (Å²) in [5, 5.41) is 0. The summed E-state index contributed by atoms with van der Waals surface area (Å²) in [5.41, 5.74) is 8.76. The Morgan fingerprint density at radius 2 is 2.20 bits per heavy atom. The second kappa shape index (κ2) is 5.96. The summed E-state index contributed by atoms with van der Waals surface area (Å²) in [6.45, 7) is 3.20. The number of rotatable bonds is 4. The topological polar surface area (TPSA) is 43.8 Å². The molecule has 1 saturated carbocycles. The highest BCUT2D eigenvalue weighted by atomic mass is 15.1. The standard InChI is InChI=1S/C17H25N3/c1-2-13-6-5-7-14(10-13)15(18)11-20-12-19-16-8-3-4-9-17(16)20/h3-4,8-9,12-15H,2,5-7,10-11,18H2,1H3. The molecule has 3 atom stereocenters. The molecule has 20 heavy (non-hydrogen) atoms. The van der Waals surface area contributed by atoms with Crippen LogP contribution < -0.4 is 5.73 Å². The molecule has 0 amide bonds. The zero-order chi connectivity index (χ0) is 13.9. The molecule has 3 heteroatoms. The third-order valence-electron chi connectivity index (χ3n) is 4.94. The van der Waals surface area contributed by atoms with Gasteiger partial charge in [0.05, 0.1) is 17.4 Å². The molecule has 1 aromatic heterocycles. The van der Waals surface area contributed by atoms with Crippen molar-refractivity contribution in [3.8, 4) is 0 Å². The van der Waals surface area contributed by atoms with E-state index in [0.29, 0.717) is 5.92 Å². The fraction of sp³-hybridized carbons (Fsp3) is 0.588. The Morgan fingerprint density at radius 1 is 1.35 bits per heavy atom. The number of hydrogen-bond acceptors (Lipinski definition) is 2. The molecule has 3 unspecified atom stereocenters. The van der Waals surface area contributed by atoms with Gasteiger partial charge in [0.25, 0.3) is 0 Å². The molecule has 0 bridgehead atoms. The zero-order valence-corrected chi connectivity index (χ0v) is 12.3. The molecule has 1 fully saturated rings. The van der Waals surface area contributed by atoms with E-state index < -0.39 is 0 Å². The Balaban J connectivity index is 1.70. The number of nitrogens with zero attached hydrogens (tertiary/aromatic N) is 2. The number of fused-ring (bicyclic) bond motifs is 1. The Hall–Kier alpha value is -1.35. The highest BCUT2D eigenvalue weighted by Gasteiger charge is 2.25. The molecule has 108 valence electrons. The Bertz CT molecular complexity index is 560. The predicted molar refractivity (Wildman–Crippen MR) is 83.4 cm³/mol. The van der Waals surface area contributed by atoms with E-state index in [9.17, 15) is 0 Å². The summed E-state index contributed by atoms with van der Waals surface area (Å²) in [4.78, 5) is 4.46. The minimum absolute atomic E-state index is 0.252. The first-order valence-electron chi connectivity index (χ1n) is 7.93. The first-order chi connectivity index (χ1) is 9.78. The molecule has 3 nitrogen and oxygen atoms in total. The smallest absolute Gasteiger partial charge is 0.0958 e. The van der Waals surface area contributed by atoms with Gasteiger partial charge in [-0.3, -0.25) is 0 Å². The van der Waals surface area contributed by atoms with Crippen molar-refractivity contribution in [1.29, 1.82) is 0 Å². The molecule has 2 aromatic rings. The van der Waals surface area contributed by atoms with Crippen molar-refractivity contribution < 1.29 is 0 Å². The maximum Gasteiger partial charge on any atom is 0.0958 e. The van der Waals surface area contributed by atoms with Gasteiger partial charge < -0.3 is 10.3 Å². The van der Waals surface area contributed by atoms with Gasteiger partial charge in [-0.25, -0.2) is 4.98 Å². The second-order valence-corrected chi connectivity index (χ2v) is 6.25. The molecule has 0 saturated heterocycles. The number of para-hydroxylation sites is 2. The van der Waals surface area contributed by atoms with Crippen LogP contribution in [-0.4, -0.2) is 15.6 Å². The summed E-state index contributed by atoms with van der Waals surface area (Å²) in [6, 6.07) is 8.55. The minimum atomic E-state index is 0.252. The van der Waals surface area contributed by atoms with Crippen molar-refractivity contribution in [2.24, 2.45) is 17.6 Å². The quantitative estimate of drug-likeness (QED) is 0.923. The first-order valence-corrected chi connectivity index (χ1v) is 7.93. The molecule has 0 radical (unpaired) electrons. The van der Waals surface area contributed by atoms with Crippen LogP contribution in [0.1, 0.15) is 39.0 Å². The molecule has 1 aromatic carbocycles. The van der Waals surface area contributed by atoms with Crippen LogP contribution in [0.2, 0.25) is 0 Å². The lowest BCUT2D eigenvalue weighted by Crippen LogP contribution is -2.37. The Kier molecular flexibility index (Phi) is 4.06. The zero-order valence-electron chi connectivity index (χ0n) is 12.3.